The molecule has 3 rings (SSSR count). The highest BCUT2D eigenvalue weighted by Crippen LogP contribution is 2.40. The van der Waals surface area contributed by atoms with Crippen molar-refractivity contribution in [3.05, 3.63) is 29.8 Å². The van der Waals surface area contributed by atoms with E-state index in [2.05, 4.69) is 6.92 Å². The molecular formula is C22H32N2O4. The lowest BCUT2D eigenvalue weighted by Crippen LogP contribution is -2.50. The molecule has 2 fully saturated rings. The normalized spacial score (nSPS) is 27.9. The number of rotatable bonds is 6. The van der Waals surface area contributed by atoms with E-state index in [-0.39, 0.29) is 42.4 Å². The Morgan fingerprint density at radius 2 is 1.82 bits per heavy atom. The number of hydrogen-bond acceptors (Lipinski definition) is 4. The van der Waals surface area contributed by atoms with Crippen molar-refractivity contribution >= 4 is 11.8 Å². The number of amides is 2. The molecule has 0 aliphatic carbocycles. The predicted molar refractivity (Wildman–Crippen MR) is 107 cm³/mol. The summed E-state index contributed by atoms with van der Waals surface area (Å²) in [7, 11) is 1.63. The van der Waals surface area contributed by atoms with Gasteiger partial charge in [0.25, 0.3) is 0 Å². The fourth-order valence-electron chi connectivity index (χ4n) is 4.41. The highest BCUT2D eigenvalue weighted by molar-refractivity contribution is 5.90. The number of nitrogens with zero attached hydrogens (tertiary/aromatic N) is 2. The quantitative estimate of drug-likeness (QED) is 0.752. The van der Waals surface area contributed by atoms with Gasteiger partial charge in [0.1, 0.15) is 5.75 Å². The highest BCUT2D eigenvalue weighted by atomic mass is 16.5. The molecule has 28 heavy (non-hydrogen) atoms. The average molecular weight is 389 g/mol. The second-order valence-corrected chi connectivity index (χ2v) is 7.97. The van der Waals surface area contributed by atoms with Gasteiger partial charge in [-0.05, 0) is 38.0 Å². The topological polar surface area (TPSA) is 59.1 Å². The van der Waals surface area contributed by atoms with Gasteiger partial charge >= 0.3 is 0 Å². The largest absolute Gasteiger partial charge is 0.497 e. The molecule has 1 aromatic carbocycles. The number of unbranched alkanes of at least 4 members (excludes halogenated alkanes) is 1. The lowest BCUT2D eigenvalue weighted by Gasteiger charge is -2.38. The van der Waals surface area contributed by atoms with Gasteiger partial charge in [-0.1, -0.05) is 25.5 Å². The van der Waals surface area contributed by atoms with Crippen molar-refractivity contribution in [1.82, 2.24) is 9.80 Å². The molecule has 0 saturated carbocycles. The molecule has 2 saturated heterocycles. The van der Waals surface area contributed by atoms with E-state index in [1.807, 2.05) is 47.9 Å². The van der Waals surface area contributed by atoms with Gasteiger partial charge in [0.05, 0.1) is 31.3 Å². The van der Waals surface area contributed by atoms with Crippen molar-refractivity contribution in [3.63, 3.8) is 0 Å². The van der Waals surface area contributed by atoms with Crippen molar-refractivity contribution in [2.24, 2.45) is 5.92 Å². The van der Waals surface area contributed by atoms with Crippen LogP contribution < -0.4 is 4.74 Å². The molecule has 2 heterocycles. The van der Waals surface area contributed by atoms with Crippen LogP contribution in [0.4, 0.5) is 0 Å². The van der Waals surface area contributed by atoms with Gasteiger partial charge in [-0.2, -0.15) is 0 Å². The van der Waals surface area contributed by atoms with E-state index in [4.69, 9.17) is 9.47 Å². The molecule has 0 N–H and O–H groups in total. The third-order valence-corrected chi connectivity index (χ3v) is 5.69. The van der Waals surface area contributed by atoms with Crippen molar-refractivity contribution in [2.75, 3.05) is 26.7 Å². The van der Waals surface area contributed by atoms with Crippen LogP contribution in [-0.4, -0.2) is 60.6 Å². The molecule has 0 radical (unpaired) electrons. The molecule has 2 aliphatic rings. The maximum atomic E-state index is 13.4. The van der Waals surface area contributed by atoms with E-state index >= 15 is 0 Å². The number of likely N-dealkylation sites (tertiary alicyclic amines) is 1. The Hall–Kier alpha value is -2.08. The minimum atomic E-state index is -0.352. The van der Waals surface area contributed by atoms with Crippen molar-refractivity contribution in [1.29, 1.82) is 0 Å². The van der Waals surface area contributed by atoms with E-state index in [0.717, 1.165) is 24.2 Å². The van der Waals surface area contributed by atoms with Gasteiger partial charge < -0.3 is 19.3 Å². The second-order valence-electron chi connectivity index (χ2n) is 7.97. The molecule has 2 amide bonds. The van der Waals surface area contributed by atoms with Crippen molar-refractivity contribution < 1.29 is 19.1 Å². The number of carbonyl (C=O) groups excluding carboxylic acids is 2. The maximum absolute atomic E-state index is 13.4. The number of ether oxygens (including phenoxy) is 2. The van der Waals surface area contributed by atoms with Crippen molar-refractivity contribution in [2.45, 2.75) is 58.3 Å². The fourth-order valence-corrected chi connectivity index (χ4v) is 4.41. The third-order valence-electron chi connectivity index (χ3n) is 5.69. The Kier molecular flexibility index (Phi) is 6.60. The molecule has 0 aromatic heterocycles. The van der Waals surface area contributed by atoms with Crippen LogP contribution in [0.1, 0.15) is 51.6 Å². The van der Waals surface area contributed by atoms with Gasteiger partial charge in [0.15, 0.2) is 0 Å². The van der Waals surface area contributed by atoms with E-state index in [9.17, 15) is 9.59 Å². The van der Waals surface area contributed by atoms with Crippen LogP contribution in [-0.2, 0) is 14.3 Å². The summed E-state index contributed by atoms with van der Waals surface area (Å²) in [6.45, 7) is 7.94. The second kappa shape index (κ2) is 8.95. The highest BCUT2D eigenvalue weighted by Gasteiger charge is 2.46. The van der Waals surface area contributed by atoms with Crippen LogP contribution in [0.5, 0.6) is 5.75 Å². The average Bonchev–Trinajstić information content (AvgIpc) is 3.01. The Balaban J connectivity index is 1.88. The summed E-state index contributed by atoms with van der Waals surface area (Å²) < 4.78 is 11.0. The van der Waals surface area contributed by atoms with Gasteiger partial charge in [-0.25, -0.2) is 0 Å². The standard InChI is InChI=1S/C22H32N2O4/c1-5-6-11-24-20(25)12-19(21(24)17-7-9-18(27-4)10-8-17)22(26)23-13-15(2)28-16(3)14-23/h7-10,15-16,19,21H,5-6,11-14H2,1-4H3/t15-,16+,19-,21+/m0/s1. The van der Waals surface area contributed by atoms with E-state index in [0.29, 0.717) is 19.6 Å². The SMILES string of the molecule is CCCCN1C(=O)C[C@H](C(=O)N2C[C@@H](C)O[C@@H](C)C2)[C@H]1c1ccc(OC)cc1. The molecule has 0 bridgehead atoms. The first-order valence-corrected chi connectivity index (χ1v) is 10.3. The summed E-state index contributed by atoms with van der Waals surface area (Å²) in [5.74, 6) is 0.555. The van der Waals surface area contributed by atoms with Gasteiger partial charge in [-0.15, -0.1) is 0 Å². The zero-order valence-electron chi connectivity index (χ0n) is 17.4. The molecule has 6 nitrogen and oxygen atoms in total. The van der Waals surface area contributed by atoms with Gasteiger partial charge in [0.2, 0.25) is 11.8 Å². The molecule has 154 valence electrons. The Labute approximate surface area is 167 Å². The molecule has 4 atom stereocenters. The number of morpholine rings is 1. The Morgan fingerprint density at radius 1 is 1.18 bits per heavy atom. The number of benzene rings is 1. The zero-order chi connectivity index (χ0) is 20.3. The maximum Gasteiger partial charge on any atom is 0.228 e. The van der Waals surface area contributed by atoms with Gasteiger partial charge in [0, 0.05) is 26.1 Å². The summed E-state index contributed by atoms with van der Waals surface area (Å²) in [6.07, 6.45) is 2.25. The van der Waals surface area contributed by atoms with Crippen LogP contribution in [0.15, 0.2) is 24.3 Å². The lowest BCUT2D eigenvalue weighted by atomic mass is 9.91. The minimum Gasteiger partial charge on any atom is -0.497 e. The van der Waals surface area contributed by atoms with Gasteiger partial charge in [-0.3, -0.25) is 9.59 Å². The number of carbonyl (C=O) groups is 2. The first-order valence-electron chi connectivity index (χ1n) is 10.3. The molecule has 2 aliphatic heterocycles. The monoisotopic (exact) mass is 388 g/mol. The van der Waals surface area contributed by atoms with Crippen LogP contribution in [0, 0.1) is 5.92 Å². The third kappa shape index (κ3) is 4.32. The molecule has 0 unspecified atom stereocenters. The minimum absolute atomic E-state index is 0.0143. The van der Waals surface area contributed by atoms with Crippen LogP contribution >= 0.6 is 0 Å². The predicted octanol–water partition coefficient (Wildman–Crippen LogP) is 3.02. The summed E-state index contributed by atoms with van der Waals surface area (Å²) in [6, 6.07) is 7.54. The van der Waals surface area contributed by atoms with E-state index in [1.54, 1.807) is 7.11 Å². The molecule has 0 spiro atoms. The zero-order valence-corrected chi connectivity index (χ0v) is 17.4. The Bertz CT molecular complexity index is 680. The molecular weight excluding hydrogens is 356 g/mol. The number of methoxy groups -OCH3 is 1. The molecule has 1 aromatic rings. The summed E-state index contributed by atoms with van der Waals surface area (Å²) >= 11 is 0. The fraction of sp³-hybridized carbons (Fsp3) is 0.636. The molecule has 6 heteroatoms. The van der Waals surface area contributed by atoms with Crippen LogP contribution in [0.25, 0.3) is 0 Å². The first-order chi connectivity index (χ1) is 13.4. The van der Waals surface area contributed by atoms with E-state index in [1.165, 1.54) is 0 Å². The summed E-state index contributed by atoms with van der Waals surface area (Å²) in [4.78, 5) is 30.0. The van der Waals surface area contributed by atoms with Crippen molar-refractivity contribution in [3.8, 4) is 5.75 Å². The lowest BCUT2D eigenvalue weighted by molar-refractivity contribution is -0.148. The smallest absolute Gasteiger partial charge is 0.228 e. The van der Waals surface area contributed by atoms with Crippen LogP contribution in [0.3, 0.4) is 0 Å². The summed E-state index contributed by atoms with van der Waals surface area (Å²) in [5.41, 5.74) is 0.996. The summed E-state index contributed by atoms with van der Waals surface area (Å²) in [5, 5.41) is 0. The Morgan fingerprint density at radius 3 is 2.39 bits per heavy atom. The number of hydrogen-bond donors (Lipinski definition) is 0. The van der Waals surface area contributed by atoms with Crippen LogP contribution in [0.2, 0.25) is 0 Å². The van der Waals surface area contributed by atoms with E-state index < -0.39 is 0 Å². The first kappa shape index (κ1) is 20.6.